The van der Waals surface area contributed by atoms with Gasteiger partial charge in [-0.05, 0) is 212 Å². The molecule has 0 aliphatic carbocycles. The number of hydrogen-bond donors (Lipinski definition) is 0. The van der Waals surface area contributed by atoms with Gasteiger partial charge in [0.2, 0.25) is 0 Å². The quantitative estimate of drug-likeness (QED) is 0.102. The highest BCUT2D eigenvalue weighted by Crippen LogP contribution is 2.49. The van der Waals surface area contributed by atoms with E-state index >= 15 is 0 Å². The molecule has 0 spiro atoms. The van der Waals surface area contributed by atoms with Gasteiger partial charge in [-0.15, -0.1) is 0 Å². The molecular weight excluding hydrogens is 1410 g/mol. The molecule has 0 amide bonds. The van der Waals surface area contributed by atoms with Crippen molar-refractivity contribution in [2.24, 2.45) is 0 Å². The molecule has 0 radical (unpaired) electrons. The zero-order valence-corrected chi connectivity index (χ0v) is 63.3. The number of para-hydroxylation sites is 5. The third-order valence-electron chi connectivity index (χ3n) is 23.5. The third-order valence-corrected chi connectivity index (χ3v) is 23.5. The van der Waals surface area contributed by atoms with Gasteiger partial charge >= 0.3 is 0 Å². The molecule has 0 N–H and O–H groups in total. The first-order valence-corrected chi connectivity index (χ1v) is 39.7. The predicted octanol–water partition coefficient (Wildman–Crippen LogP) is 32.0. The summed E-state index contributed by atoms with van der Waals surface area (Å²) in [6, 6.07) is 159. The minimum absolute atomic E-state index is 0.849. The summed E-state index contributed by atoms with van der Waals surface area (Å²) >= 11 is 0. The van der Waals surface area contributed by atoms with Gasteiger partial charge in [0.15, 0.2) is 0 Å². The molecule has 0 saturated carbocycles. The van der Waals surface area contributed by atoms with E-state index in [4.69, 9.17) is 8.83 Å². The fraction of sp³-hybridized carbons (Fsp3) is 0. The van der Waals surface area contributed by atoms with Crippen LogP contribution in [0.4, 0.5) is 34.1 Å². The number of hydrogen-bond acceptors (Lipinski definition) is 4. The van der Waals surface area contributed by atoms with Crippen molar-refractivity contribution >= 4 is 121 Å². The van der Waals surface area contributed by atoms with Gasteiger partial charge in [0.25, 0.3) is 0 Å². The lowest BCUT2D eigenvalue weighted by atomic mass is 9.93. The molecule has 0 saturated heterocycles. The Kier molecular flexibility index (Phi) is 16.6. The Balaban J connectivity index is 0.574. The van der Waals surface area contributed by atoms with Gasteiger partial charge < -0.3 is 18.6 Å². The molecule has 22 rings (SSSR count). The van der Waals surface area contributed by atoms with E-state index < -0.39 is 0 Å². The normalized spacial score (nSPS) is 11.6. The number of fused-ring (bicyclic) bond motifs is 10. The van der Waals surface area contributed by atoms with E-state index in [1.807, 2.05) is 12.1 Å². The van der Waals surface area contributed by atoms with Crippen molar-refractivity contribution in [2.75, 3.05) is 9.80 Å². The van der Waals surface area contributed by atoms with E-state index in [0.717, 1.165) is 150 Å². The molecular formula is C112H72N2O2. The van der Waals surface area contributed by atoms with E-state index in [0.29, 0.717) is 0 Å². The second-order valence-corrected chi connectivity index (χ2v) is 30.2. The van der Waals surface area contributed by atoms with Crippen LogP contribution in [0.25, 0.3) is 187 Å². The Morgan fingerprint density at radius 3 is 1.05 bits per heavy atom. The Morgan fingerprint density at radius 2 is 0.474 bits per heavy atom. The SMILES string of the molecule is c1cc(-c2cccc(N(c3ccc(-c4cccc5c4oc4ccccc45)cc3)c3ccccc3-c3cccc4ccccc34)c2)cc(-c2cccc3cc(-c4ccc5oc6c(-c7ccc(N(c8cccc(-c9ccc(-c%10cccc%11ccccc%10%11)cc9)c8)c8ccccc8-c8cccc9ccccc89)cc7)cccc6c5c4)ccc23)c1. The standard InChI is InChI=1S/C112H72N2O2/c1-4-35-91-74(22-1)25-16-41-92(91)77-54-52-73(53-55-77)81-29-14-33-89(70-81)113(107-49-10-7-38-101(107)99-45-17-26-75-23-2-5-36-93(75)99)87-64-58-79(59-65-87)98-44-21-48-105-106-72-84(61-67-110(106)116-112(98)105)83-60-66-96-86(69-83)32-19-42-95(96)85-31-13-28-80(68-85)82-30-15-34-90(71-82)114(108-50-11-8-39-102(108)100-46-18-27-76-24-3-6-37-94(76)100)88-62-56-78(57-63-88)97-43-20-47-104-103-40-9-12-51-109(103)115-111(97)104/h1-72H. The Hall–Kier alpha value is -15.4. The van der Waals surface area contributed by atoms with Crippen LogP contribution in [0.2, 0.25) is 0 Å². The van der Waals surface area contributed by atoms with Gasteiger partial charge in [0.05, 0.1) is 11.4 Å². The van der Waals surface area contributed by atoms with Gasteiger partial charge in [-0.25, -0.2) is 0 Å². The average Bonchev–Trinajstić information content (AvgIpc) is 0.775. The minimum Gasteiger partial charge on any atom is -0.455 e. The first-order valence-electron chi connectivity index (χ1n) is 39.7. The minimum atomic E-state index is 0.849. The first kappa shape index (κ1) is 67.5. The largest absolute Gasteiger partial charge is 0.455 e. The molecule has 4 heteroatoms. The van der Waals surface area contributed by atoms with Crippen LogP contribution < -0.4 is 9.80 Å². The van der Waals surface area contributed by atoms with Crippen LogP contribution in [0.1, 0.15) is 0 Å². The number of nitrogens with zero attached hydrogens (tertiary/aromatic N) is 2. The maximum absolute atomic E-state index is 6.94. The lowest BCUT2D eigenvalue weighted by Crippen LogP contribution is -2.11. The fourth-order valence-electron chi connectivity index (χ4n) is 17.9. The second kappa shape index (κ2) is 28.4. The topological polar surface area (TPSA) is 32.8 Å². The smallest absolute Gasteiger partial charge is 0.143 e. The zero-order chi connectivity index (χ0) is 76.6. The van der Waals surface area contributed by atoms with Crippen LogP contribution in [-0.4, -0.2) is 0 Å². The summed E-state index contributed by atoms with van der Waals surface area (Å²) in [6.45, 7) is 0. The highest BCUT2D eigenvalue weighted by molar-refractivity contribution is 6.13. The summed E-state index contributed by atoms with van der Waals surface area (Å²) in [4.78, 5) is 4.83. The highest BCUT2D eigenvalue weighted by Gasteiger charge is 2.24. The van der Waals surface area contributed by atoms with Crippen LogP contribution in [0.15, 0.2) is 446 Å². The maximum Gasteiger partial charge on any atom is 0.143 e. The molecule has 4 nitrogen and oxygen atoms in total. The van der Waals surface area contributed by atoms with Crippen molar-refractivity contribution in [1.29, 1.82) is 0 Å². The van der Waals surface area contributed by atoms with E-state index in [-0.39, 0.29) is 0 Å². The lowest BCUT2D eigenvalue weighted by molar-refractivity contribution is 0.669. The van der Waals surface area contributed by atoms with Crippen LogP contribution in [0.3, 0.4) is 0 Å². The third kappa shape index (κ3) is 11.9. The van der Waals surface area contributed by atoms with Crippen LogP contribution in [-0.2, 0) is 0 Å². The van der Waals surface area contributed by atoms with Crippen LogP contribution in [0, 0.1) is 0 Å². The van der Waals surface area contributed by atoms with Gasteiger partial charge in [-0.3, -0.25) is 0 Å². The molecule has 22 aromatic rings. The molecule has 2 heterocycles. The van der Waals surface area contributed by atoms with E-state index in [1.165, 1.54) is 70.9 Å². The molecule has 116 heavy (non-hydrogen) atoms. The lowest BCUT2D eigenvalue weighted by Gasteiger charge is -2.29. The number of benzene rings is 20. The van der Waals surface area contributed by atoms with Crippen molar-refractivity contribution < 1.29 is 8.83 Å². The maximum atomic E-state index is 6.94. The van der Waals surface area contributed by atoms with Crippen LogP contribution >= 0.6 is 0 Å². The van der Waals surface area contributed by atoms with Gasteiger partial charge in [-0.2, -0.15) is 0 Å². The average molecular weight is 1480 g/mol. The Morgan fingerprint density at radius 1 is 0.147 bits per heavy atom. The summed E-state index contributed by atoms with van der Waals surface area (Å²) in [6.07, 6.45) is 0. The molecule has 0 aliphatic heterocycles. The van der Waals surface area contributed by atoms with Crippen molar-refractivity contribution in [2.45, 2.75) is 0 Å². The highest BCUT2D eigenvalue weighted by atomic mass is 16.3. The second-order valence-electron chi connectivity index (χ2n) is 30.2. The zero-order valence-electron chi connectivity index (χ0n) is 63.3. The van der Waals surface area contributed by atoms with Crippen LogP contribution in [0.5, 0.6) is 0 Å². The monoisotopic (exact) mass is 1480 g/mol. The molecule has 542 valence electrons. The number of anilines is 6. The fourth-order valence-corrected chi connectivity index (χ4v) is 17.9. The van der Waals surface area contributed by atoms with Gasteiger partial charge in [-0.1, -0.05) is 346 Å². The van der Waals surface area contributed by atoms with E-state index in [1.54, 1.807) is 0 Å². The molecule has 0 atom stereocenters. The summed E-state index contributed by atoms with van der Waals surface area (Å²) in [5.74, 6) is 0. The Bertz CT molecular complexity index is 7580. The summed E-state index contributed by atoms with van der Waals surface area (Å²) in [7, 11) is 0. The molecule has 0 bridgehead atoms. The number of furan rings is 2. The summed E-state index contributed by atoms with van der Waals surface area (Å²) < 4.78 is 13.5. The van der Waals surface area contributed by atoms with E-state index in [9.17, 15) is 0 Å². The van der Waals surface area contributed by atoms with Crippen molar-refractivity contribution in [3.05, 3.63) is 437 Å². The Labute approximate surface area is 672 Å². The van der Waals surface area contributed by atoms with Crippen molar-refractivity contribution in [3.8, 4) is 100 Å². The van der Waals surface area contributed by atoms with Gasteiger partial charge in [0, 0.05) is 66.5 Å². The molecule has 0 aliphatic rings. The number of rotatable bonds is 15. The van der Waals surface area contributed by atoms with Crippen molar-refractivity contribution in [1.82, 2.24) is 0 Å². The first-order chi connectivity index (χ1) is 57.5. The molecule has 0 fully saturated rings. The summed E-state index contributed by atoms with van der Waals surface area (Å²) in [5, 5.41) is 14.1. The molecule has 2 aromatic heterocycles. The van der Waals surface area contributed by atoms with Gasteiger partial charge in [0.1, 0.15) is 22.3 Å². The molecule has 20 aromatic carbocycles. The van der Waals surface area contributed by atoms with E-state index in [2.05, 4.69) is 434 Å². The van der Waals surface area contributed by atoms with Crippen molar-refractivity contribution in [3.63, 3.8) is 0 Å². The predicted molar refractivity (Wildman–Crippen MR) is 489 cm³/mol. The summed E-state index contributed by atoms with van der Waals surface area (Å²) in [5.41, 5.74) is 30.3. The molecule has 0 unspecified atom stereocenters.